The van der Waals surface area contributed by atoms with Crippen LogP contribution in [0.1, 0.15) is 22.3 Å². The smallest absolute Gasteiger partial charge is 0.259 e. The van der Waals surface area contributed by atoms with E-state index in [-0.39, 0.29) is 11.7 Å². The van der Waals surface area contributed by atoms with Crippen LogP contribution >= 0.6 is 0 Å². The minimum absolute atomic E-state index is 0.00665. The molecule has 2 aromatic rings. The number of ether oxygens (including phenoxy) is 1. The number of pyridine rings is 1. The molecule has 1 aromatic carbocycles. The molecule has 0 atom stereocenters. The Bertz CT molecular complexity index is 685. The van der Waals surface area contributed by atoms with Gasteiger partial charge in [-0.3, -0.25) is 9.78 Å². The Balaban J connectivity index is 1.96. The van der Waals surface area contributed by atoms with E-state index in [1.165, 1.54) is 18.5 Å². The number of fused-ring (bicyclic) bond motifs is 1. The molecule has 5 nitrogen and oxygen atoms in total. The second kappa shape index (κ2) is 5.44. The van der Waals surface area contributed by atoms with E-state index in [0.717, 1.165) is 29.8 Å². The van der Waals surface area contributed by atoms with Crippen LogP contribution in [0.15, 0.2) is 36.7 Å². The van der Waals surface area contributed by atoms with Gasteiger partial charge in [-0.25, -0.2) is 0 Å². The number of anilines is 1. The second-order valence-corrected chi connectivity index (χ2v) is 4.99. The van der Waals surface area contributed by atoms with Gasteiger partial charge < -0.3 is 14.7 Å². The van der Waals surface area contributed by atoms with Crippen LogP contribution in [0.25, 0.3) is 0 Å². The van der Waals surface area contributed by atoms with Gasteiger partial charge in [0.05, 0.1) is 18.9 Å². The predicted octanol–water partition coefficient (Wildman–Crippen LogP) is 2.39. The summed E-state index contributed by atoms with van der Waals surface area (Å²) in [6, 6.07) is 7.16. The molecule has 1 N–H and O–H groups in total. The van der Waals surface area contributed by atoms with Gasteiger partial charge in [-0.2, -0.15) is 0 Å². The highest BCUT2D eigenvalue weighted by atomic mass is 16.5. The van der Waals surface area contributed by atoms with Gasteiger partial charge in [0, 0.05) is 18.4 Å². The maximum absolute atomic E-state index is 12.6. The molecule has 0 bridgehead atoms. The van der Waals surface area contributed by atoms with Crippen LogP contribution < -0.4 is 9.64 Å². The first kappa shape index (κ1) is 13.4. The summed E-state index contributed by atoms with van der Waals surface area (Å²) < 4.78 is 5.23. The summed E-state index contributed by atoms with van der Waals surface area (Å²) in [7, 11) is 1.63. The van der Waals surface area contributed by atoms with Gasteiger partial charge in [-0.1, -0.05) is 0 Å². The molecule has 0 unspecified atom stereocenters. The largest absolute Gasteiger partial charge is 0.506 e. The zero-order valence-corrected chi connectivity index (χ0v) is 11.7. The lowest BCUT2D eigenvalue weighted by molar-refractivity contribution is 0.0984. The standard InChI is InChI=1S/C16H16N2O3/c1-21-14-4-5-15-11(8-14)3-2-6-18(15)16(20)12-7-13(19)10-17-9-12/h4-5,7-10,19H,2-3,6H2,1H3. The van der Waals surface area contributed by atoms with Gasteiger partial charge in [0.25, 0.3) is 5.91 Å². The number of rotatable bonds is 2. The molecule has 0 saturated carbocycles. The highest BCUT2D eigenvalue weighted by Gasteiger charge is 2.24. The van der Waals surface area contributed by atoms with E-state index in [0.29, 0.717) is 12.1 Å². The third kappa shape index (κ3) is 2.54. The van der Waals surface area contributed by atoms with Gasteiger partial charge >= 0.3 is 0 Å². The van der Waals surface area contributed by atoms with Crippen LogP contribution in [0.4, 0.5) is 5.69 Å². The van der Waals surface area contributed by atoms with Crippen LogP contribution in [-0.4, -0.2) is 29.7 Å². The SMILES string of the molecule is COc1ccc2c(c1)CCCN2C(=O)c1cncc(O)c1. The first-order valence-corrected chi connectivity index (χ1v) is 6.82. The van der Waals surface area contributed by atoms with E-state index >= 15 is 0 Å². The Kier molecular flexibility index (Phi) is 3.48. The molecule has 1 aromatic heterocycles. The van der Waals surface area contributed by atoms with E-state index < -0.39 is 0 Å². The third-order valence-electron chi connectivity index (χ3n) is 3.62. The third-order valence-corrected chi connectivity index (χ3v) is 3.62. The minimum atomic E-state index is -0.149. The monoisotopic (exact) mass is 284 g/mol. The van der Waals surface area contributed by atoms with Crippen molar-refractivity contribution >= 4 is 11.6 Å². The normalized spacial score (nSPS) is 13.7. The molecular weight excluding hydrogens is 268 g/mol. The number of nitrogens with zero attached hydrogens (tertiary/aromatic N) is 2. The van der Waals surface area contributed by atoms with Crippen molar-refractivity contribution in [2.24, 2.45) is 0 Å². The van der Waals surface area contributed by atoms with Gasteiger partial charge in [0.15, 0.2) is 0 Å². The number of aromatic nitrogens is 1. The summed E-state index contributed by atoms with van der Waals surface area (Å²) in [6.45, 7) is 0.661. The Morgan fingerprint density at radius 1 is 1.33 bits per heavy atom. The molecule has 1 aliphatic rings. The van der Waals surface area contributed by atoms with Crippen molar-refractivity contribution < 1.29 is 14.6 Å². The van der Waals surface area contributed by atoms with Crippen LogP contribution in [0.3, 0.4) is 0 Å². The number of hydrogen-bond acceptors (Lipinski definition) is 4. The molecule has 2 heterocycles. The Morgan fingerprint density at radius 2 is 2.19 bits per heavy atom. The number of carbonyl (C=O) groups is 1. The van der Waals surface area contributed by atoms with Crippen molar-refractivity contribution in [2.75, 3.05) is 18.6 Å². The van der Waals surface area contributed by atoms with Crippen molar-refractivity contribution in [3.8, 4) is 11.5 Å². The Labute approximate surface area is 122 Å². The quantitative estimate of drug-likeness (QED) is 0.919. The lowest BCUT2D eigenvalue weighted by Gasteiger charge is -2.29. The summed E-state index contributed by atoms with van der Waals surface area (Å²) in [5.74, 6) is 0.638. The number of methoxy groups -OCH3 is 1. The zero-order valence-electron chi connectivity index (χ0n) is 11.7. The average Bonchev–Trinajstić information content (AvgIpc) is 2.53. The lowest BCUT2D eigenvalue weighted by Crippen LogP contribution is -2.35. The molecule has 0 radical (unpaired) electrons. The average molecular weight is 284 g/mol. The summed E-state index contributed by atoms with van der Waals surface area (Å²) in [4.78, 5) is 18.2. The van der Waals surface area contributed by atoms with Gasteiger partial charge in [-0.05, 0) is 42.7 Å². The number of carbonyl (C=O) groups excluding carboxylic acids is 1. The fourth-order valence-electron chi connectivity index (χ4n) is 2.61. The van der Waals surface area contributed by atoms with Crippen LogP contribution in [0, 0.1) is 0 Å². The number of benzene rings is 1. The molecule has 0 fully saturated rings. The topological polar surface area (TPSA) is 62.7 Å². The molecule has 5 heteroatoms. The molecular formula is C16H16N2O3. The van der Waals surface area contributed by atoms with E-state index in [2.05, 4.69) is 4.98 Å². The molecule has 3 rings (SSSR count). The van der Waals surface area contributed by atoms with Crippen molar-refractivity contribution in [2.45, 2.75) is 12.8 Å². The Hall–Kier alpha value is -2.56. The van der Waals surface area contributed by atoms with Gasteiger partial charge in [0.1, 0.15) is 11.5 Å². The number of hydrogen-bond donors (Lipinski definition) is 1. The lowest BCUT2D eigenvalue weighted by atomic mass is 10.0. The maximum Gasteiger partial charge on any atom is 0.259 e. The fraction of sp³-hybridized carbons (Fsp3) is 0.250. The van der Waals surface area contributed by atoms with Crippen molar-refractivity contribution in [1.82, 2.24) is 4.98 Å². The van der Waals surface area contributed by atoms with Crippen molar-refractivity contribution in [3.05, 3.63) is 47.8 Å². The van der Waals surface area contributed by atoms with E-state index in [9.17, 15) is 9.90 Å². The van der Waals surface area contributed by atoms with Crippen molar-refractivity contribution in [3.63, 3.8) is 0 Å². The molecule has 108 valence electrons. The summed E-state index contributed by atoms with van der Waals surface area (Å²) in [5, 5.41) is 9.47. The summed E-state index contributed by atoms with van der Waals surface area (Å²) >= 11 is 0. The second-order valence-electron chi connectivity index (χ2n) is 4.99. The molecule has 0 spiro atoms. The van der Waals surface area contributed by atoms with E-state index in [4.69, 9.17) is 4.74 Å². The maximum atomic E-state index is 12.6. The highest BCUT2D eigenvalue weighted by molar-refractivity contribution is 6.06. The van der Waals surface area contributed by atoms with Crippen molar-refractivity contribution in [1.29, 1.82) is 0 Å². The number of amides is 1. The van der Waals surface area contributed by atoms with E-state index in [1.807, 2.05) is 18.2 Å². The molecule has 0 saturated heterocycles. The molecule has 1 aliphatic heterocycles. The minimum Gasteiger partial charge on any atom is -0.506 e. The first-order chi connectivity index (χ1) is 10.2. The van der Waals surface area contributed by atoms with Gasteiger partial charge in [0.2, 0.25) is 0 Å². The van der Waals surface area contributed by atoms with Crippen LogP contribution in [-0.2, 0) is 6.42 Å². The summed E-state index contributed by atoms with van der Waals surface area (Å²) in [6.07, 6.45) is 4.61. The predicted molar refractivity (Wildman–Crippen MR) is 78.9 cm³/mol. The highest BCUT2D eigenvalue weighted by Crippen LogP contribution is 2.31. The van der Waals surface area contributed by atoms with Crippen LogP contribution in [0.5, 0.6) is 11.5 Å². The van der Waals surface area contributed by atoms with E-state index in [1.54, 1.807) is 12.0 Å². The van der Waals surface area contributed by atoms with Gasteiger partial charge in [-0.15, -0.1) is 0 Å². The first-order valence-electron chi connectivity index (χ1n) is 6.82. The van der Waals surface area contributed by atoms with Crippen LogP contribution in [0.2, 0.25) is 0 Å². The molecule has 0 aliphatic carbocycles. The fourth-order valence-corrected chi connectivity index (χ4v) is 2.61. The number of aryl methyl sites for hydroxylation is 1. The molecule has 21 heavy (non-hydrogen) atoms. The molecule has 1 amide bonds. The number of aromatic hydroxyl groups is 1. The summed E-state index contributed by atoms with van der Waals surface area (Å²) in [5.41, 5.74) is 2.39. The Morgan fingerprint density at radius 3 is 2.95 bits per heavy atom. The zero-order chi connectivity index (χ0) is 14.8.